The highest BCUT2D eigenvalue weighted by Crippen LogP contribution is 2.27. The Kier molecular flexibility index (Phi) is 5.07. The standard InChI is InChI=1S/C19H14FN3OS/c1-24-17-8-2-13(3-9-17)18-12-25-19(23-18)14(10-21)11-22-16-6-4-15(20)5-7-16/h2-9,11-12,22H,1H3. The molecule has 25 heavy (non-hydrogen) atoms. The maximum atomic E-state index is 12.9. The highest BCUT2D eigenvalue weighted by Gasteiger charge is 2.09. The summed E-state index contributed by atoms with van der Waals surface area (Å²) in [7, 11) is 1.62. The molecule has 0 aliphatic heterocycles. The number of ether oxygens (including phenoxy) is 1. The van der Waals surface area contributed by atoms with Gasteiger partial charge in [0.2, 0.25) is 0 Å². The molecular weight excluding hydrogens is 337 g/mol. The van der Waals surface area contributed by atoms with Gasteiger partial charge in [-0.05, 0) is 48.5 Å². The van der Waals surface area contributed by atoms with Crippen molar-refractivity contribution in [2.24, 2.45) is 0 Å². The van der Waals surface area contributed by atoms with Gasteiger partial charge in [0.1, 0.15) is 28.2 Å². The summed E-state index contributed by atoms with van der Waals surface area (Å²) in [5, 5.41) is 14.9. The molecular formula is C19H14FN3OS. The molecule has 124 valence electrons. The number of hydrogen-bond donors (Lipinski definition) is 1. The van der Waals surface area contributed by atoms with Crippen LogP contribution in [0.1, 0.15) is 5.01 Å². The number of nitrogens with zero attached hydrogens (tertiary/aromatic N) is 2. The Morgan fingerprint density at radius 3 is 2.56 bits per heavy atom. The zero-order chi connectivity index (χ0) is 17.6. The van der Waals surface area contributed by atoms with E-state index in [0.29, 0.717) is 16.3 Å². The number of nitriles is 1. The maximum Gasteiger partial charge on any atom is 0.136 e. The van der Waals surface area contributed by atoms with Crippen molar-refractivity contribution in [1.82, 2.24) is 4.98 Å². The third kappa shape index (κ3) is 4.03. The minimum atomic E-state index is -0.306. The molecule has 0 unspecified atom stereocenters. The molecule has 4 nitrogen and oxygen atoms in total. The van der Waals surface area contributed by atoms with Gasteiger partial charge in [0.25, 0.3) is 0 Å². The number of allylic oxidation sites excluding steroid dienone is 1. The Morgan fingerprint density at radius 1 is 1.20 bits per heavy atom. The molecule has 0 aliphatic carbocycles. The molecule has 0 fully saturated rings. The number of aromatic nitrogens is 1. The van der Waals surface area contributed by atoms with Crippen LogP contribution in [0, 0.1) is 17.1 Å². The summed E-state index contributed by atoms with van der Waals surface area (Å²) in [6.07, 6.45) is 1.57. The molecule has 0 saturated heterocycles. The lowest BCUT2D eigenvalue weighted by molar-refractivity contribution is 0.415. The summed E-state index contributed by atoms with van der Waals surface area (Å²) in [5.74, 6) is 0.472. The molecule has 0 radical (unpaired) electrons. The van der Waals surface area contributed by atoms with Crippen LogP contribution >= 0.6 is 11.3 Å². The first kappa shape index (κ1) is 16.7. The van der Waals surface area contributed by atoms with E-state index in [1.165, 1.54) is 23.5 Å². The van der Waals surface area contributed by atoms with E-state index < -0.39 is 0 Å². The Hall–Kier alpha value is -3.17. The van der Waals surface area contributed by atoms with Crippen molar-refractivity contribution >= 4 is 22.6 Å². The number of thiazole rings is 1. The molecule has 0 saturated carbocycles. The first-order chi connectivity index (χ1) is 12.2. The van der Waals surface area contributed by atoms with Crippen molar-refractivity contribution in [2.45, 2.75) is 0 Å². The average Bonchev–Trinajstić information content (AvgIpc) is 3.14. The van der Waals surface area contributed by atoms with Crippen LogP contribution in [0.3, 0.4) is 0 Å². The minimum Gasteiger partial charge on any atom is -0.497 e. The van der Waals surface area contributed by atoms with Crippen LogP contribution in [-0.2, 0) is 0 Å². The van der Waals surface area contributed by atoms with Crippen LogP contribution < -0.4 is 10.1 Å². The largest absolute Gasteiger partial charge is 0.497 e. The number of anilines is 1. The number of methoxy groups -OCH3 is 1. The topological polar surface area (TPSA) is 57.9 Å². The van der Waals surface area contributed by atoms with E-state index in [1.807, 2.05) is 29.6 Å². The molecule has 0 atom stereocenters. The first-order valence-corrected chi connectivity index (χ1v) is 8.30. The lowest BCUT2D eigenvalue weighted by Gasteiger charge is -2.01. The fourth-order valence-corrected chi connectivity index (χ4v) is 2.93. The van der Waals surface area contributed by atoms with E-state index in [4.69, 9.17) is 4.74 Å². The molecule has 3 rings (SSSR count). The van der Waals surface area contributed by atoms with E-state index in [2.05, 4.69) is 16.4 Å². The normalized spacial score (nSPS) is 11.0. The lowest BCUT2D eigenvalue weighted by Crippen LogP contribution is -1.91. The van der Waals surface area contributed by atoms with Gasteiger partial charge in [-0.25, -0.2) is 9.37 Å². The zero-order valence-corrected chi connectivity index (χ0v) is 14.2. The van der Waals surface area contributed by atoms with Crippen molar-refractivity contribution in [3.63, 3.8) is 0 Å². The molecule has 1 heterocycles. The Labute approximate surface area is 148 Å². The zero-order valence-electron chi connectivity index (χ0n) is 13.4. The van der Waals surface area contributed by atoms with E-state index in [9.17, 15) is 9.65 Å². The van der Waals surface area contributed by atoms with Gasteiger partial charge in [-0.2, -0.15) is 5.26 Å². The summed E-state index contributed by atoms with van der Waals surface area (Å²) in [4.78, 5) is 4.52. The second-order valence-corrected chi connectivity index (χ2v) is 5.95. The van der Waals surface area contributed by atoms with E-state index in [1.54, 1.807) is 25.4 Å². The van der Waals surface area contributed by atoms with Gasteiger partial charge in [0.15, 0.2) is 0 Å². The minimum absolute atomic E-state index is 0.306. The lowest BCUT2D eigenvalue weighted by atomic mass is 10.2. The number of hydrogen-bond acceptors (Lipinski definition) is 5. The quantitative estimate of drug-likeness (QED) is 0.662. The van der Waals surface area contributed by atoms with Crippen molar-refractivity contribution < 1.29 is 9.13 Å². The molecule has 0 amide bonds. The van der Waals surface area contributed by atoms with Gasteiger partial charge in [0.05, 0.1) is 12.8 Å². The molecule has 1 N–H and O–H groups in total. The number of halogens is 1. The van der Waals surface area contributed by atoms with Crippen LogP contribution in [0.2, 0.25) is 0 Å². The number of rotatable bonds is 5. The molecule has 3 aromatic rings. The maximum absolute atomic E-state index is 12.9. The average molecular weight is 351 g/mol. The van der Waals surface area contributed by atoms with Crippen molar-refractivity contribution in [3.8, 4) is 23.1 Å². The Bertz CT molecular complexity index is 925. The van der Waals surface area contributed by atoms with Gasteiger partial charge in [-0.15, -0.1) is 11.3 Å². The van der Waals surface area contributed by atoms with Gasteiger partial charge in [0, 0.05) is 22.8 Å². The SMILES string of the molecule is COc1ccc(-c2csc(C(C#N)=CNc3ccc(F)cc3)n2)cc1. The summed E-state index contributed by atoms with van der Waals surface area (Å²) in [6.45, 7) is 0. The smallest absolute Gasteiger partial charge is 0.136 e. The summed E-state index contributed by atoms with van der Waals surface area (Å²) in [5.41, 5.74) is 2.85. The van der Waals surface area contributed by atoms with E-state index >= 15 is 0 Å². The second-order valence-electron chi connectivity index (χ2n) is 5.09. The van der Waals surface area contributed by atoms with Gasteiger partial charge in [-0.3, -0.25) is 0 Å². The third-order valence-corrected chi connectivity index (χ3v) is 4.34. The molecule has 0 bridgehead atoms. The van der Waals surface area contributed by atoms with Crippen LogP contribution in [0.4, 0.5) is 10.1 Å². The molecule has 0 aliphatic rings. The van der Waals surface area contributed by atoms with Gasteiger partial charge < -0.3 is 10.1 Å². The third-order valence-electron chi connectivity index (χ3n) is 3.47. The van der Waals surface area contributed by atoms with Gasteiger partial charge >= 0.3 is 0 Å². The van der Waals surface area contributed by atoms with Crippen LogP contribution in [0.25, 0.3) is 16.8 Å². The molecule has 1 aromatic heterocycles. The highest BCUT2D eigenvalue weighted by atomic mass is 32.1. The van der Waals surface area contributed by atoms with Crippen molar-refractivity contribution in [2.75, 3.05) is 12.4 Å². The predicted octanol–water partition coefficient (Wildman–Crippen LogP) is 4.93. The van der Waals surface area contributed by atoms with E-state index in [-0.39, 0.29) is 5.82 Å². The molecule has 6 heteroatoms. The Balaban J connectivity index is 1.79. The fraction of sp³-hybridized carbons (Fsp3) is 0.0526. The monoisotopic (exact) mass is 351 g/mol. The molecule has 2 aromatic carbocycles. The van der Waals surface area contributed by atoms with Crippen molar-refractivity contribution in [3.05, 3.63) is 70.9 Å². The summed E-state index contributed by atoms with van der Waals surface area (Å²) >= 11 is 1.39. The number of nitrogens with one attached hydrogen (secondary N) is 1. The van der Waals surface area contributed by atoms with E-state index in [0.717, 1.165) is 17.0 Å². The second kappa shape index (κ2) is 7.60. The molecule has 0 spiro atoms. The van der Waals surface area contributed by atoms with Crippen LogP contribution in [0.15, 0.2) is 60.1 Å². The first-order valence-electron chi connectivity index (χ1n) is 7.42. The fourth-order valence-electron chi connectivity index (χ4n) is 2.14. The van der Waals surface area contributed by atoms with Crippen molar-refractivity contribution in [1.29, 1.82) is 5.26 Å². The van der Waals surface area contributed by atoms with Crippen LogP contribution in [0.5, 0.6) is 5.75 Å². The summed E-state index contributed by atoms with van der Waals surface area (Å²) < 4.78 is 18.1. The van der Waals surface area contributed by atoms with Crippen LogP contribution in [-0.4, -0.2) is 12.1 Å². The predicted molar refractivity (Wildman–Crippen MR) is 97.7 cm³/mol. The van der Waals surface area contributed by atoms with Gasteiger partial charge in [-0.1, -0.05) is 0 Å². The summed E-state index contributed by atoms with van der Waals surface area (Å²) in [6, 6.07) is 15.6. The highest BCUT2D eigenvalue weighted by molar-refractivity contribution is 7.11. The Morgan fingerprint density at radius 2 is 1.92 bits per heavy atom. The number of benzene rings is 2.